The quantitative estimate of drug-likeness (QED) is 0.729. The molecule has 1 amide bonds. The van der Waals surface area contributed by atoms with Gasteiger partial charge in [0.1, 0.15) is 4.88 Å². The van der Waals surface area contributed by atoms with Gasteiger partial charge in [-0.1, -0.05) is 12.1 Å². The molecule has 25 heavy (non-hydrogen) atoms. The molecule has 6 nitrogen and oxygen atoms in total. The second-order valence-corrected chi connectivity index (χ2v) is 8.84. The summed E-state index contributed by atoms with van der Waals surface area (Å²) in [6.45, 7) is 2.11. The summed E-state index contributed by atoms with van der Waals surface area (Å²) in [5.41, 5.74) is 8.20. The molecule has 0 saturated carbocycles. The molecule has 130 valence electrons. The minimum atomic E-state index is -3.28. The summed E-state index contributed by atoms with van der Waals surface area (Å²) in [7, 11) is -3.28. The number of nitrogens with one attached hydrogen (secondary N) is 1. The molecule has 1 aromatic carbocycles. The Kier molecular flexibility index (Phi) is 4.49. The Balaban J connectivity index is 1.82. The minimum Gasteiger partial charge on any atom is -0.397 e. The first-order valence-corrected chi connectivity index (χ1v) is 10.2. The summed E-state index contributed by atoms with van der Waals surface area (Å²) < 4.78 is 24.1. The molecule has 0 aliphatic rings. The van der Waals surface area contributed by atoms with E-state index in [4.69, 9.17) is 5.73 Å². The fraction of sp³-hybridized carbons (Fsp3) is 0.176. The second kappa shape index (κ2) is 6.45. The zero-order valence-corrected chi connectivity index (χ0v) is 15.4. The van der Waals surface area contributed by atoms with E-state index < -0.39 is 9.84 Å². The molecule has 0 aliphatic carbocycles. The zero-order chi connectivity index (χ0) is 18.2. The number of aromatic nitrogens is 1. The van der Waals surface area contributed by atoms with Gasteiger partial charge in [-0.15, -0.1) is 11.3 Å². The summed E-state index contributed by atoms with van der Waals surface area (Å²) in [5, 5.41) is 3.64. The van der Waals surface area contributed by atoms with Crippen molar-refractivity contribution in [3.63, 3.8) is 0 Å². The van der Waals surface area contributed by atoms with E-state index in [0.717, 1.165) is 21.9 Å². The highest BCUT2D eigenvalue weighted by Gasteiger charge is 2.17. The van der Waals surface area contributed by atoms with Crippen LogP contribution in [-0.4, -0.2) is 25.6 Å². The van der Waals surface area contributed by atoms with Gasteiger partial charge >= 0.3 is 0 Å². The van der Waals surface area contributed by atoms with Crippen molar-refractivity contribution in [1.82, 2.24) is 10.3 Å². The van der Waals surface area contributed by atoms with Crippen molar-refractivity contribution >= 4 is 42.9 Å². The lowest BCUT2D eigenvalue weighted by Gasteiger charge is -2.06. The third-order valence-corrected chi connectivity index (χ3v) is 6.06. The van der Waals surface area contributed by atoms with Crippen molar-refractivity contribution in [2.75, 3.05) is 12.0 Å². The number of rotatable bonds is 4. The van der Waals surface area contributed by atoms with E-state index in [0.29, 0.717) is 16.1 Å². The van der Waals surface area contributed by atoms with Crippen molar-refractivity contribution in [2.45, 2.75) is 18.4 Å². The van der Waals surface area contributed by atoms with E-state index in [1.54, 1.807) is 30.6 Å². The van der Waals surface area contributed by atoms with Crippen molar-refractivity contribution in [3.05, 3.63) is 52.7 Å². The van der Waals surface area contributed by atoms with E-state index in [-0.39, 0.29) is 17.3 Å². The first-order chi connectivity index (χ1) is 11.8. The highest BCUT2D eigenvalue weighted by Crippen LogP contribution is 2.34. The van der Waals surface area contributed by atoms with Crippen molar-refractivity contribution in [2.24, 2.45) is 0 Å². The Bertz CT molecular complexity index is 1070. The molecule has 0 aliphatic heterocycles. The highest BCUT2D eigenvalue weighted by atomic mass is 32.2. The molecule has 3 aromatic rings. The normalized spacial score (nSPS) is 11.6. The van der Waals surface area contributed by atoms with Gasteiger partial charge < -0.3 is 11.1 Å². The molecule has 0 atom stereocenters. The minimum absolute atomic E-state index is 0.215. The lowest BCUT2D eigenvalue weighted by Crippen LogP contribution is -2.22. The Morgan fingerprint density at radius 2 is 2.08 bits per heavy atom. The fourth-order valence-corrected chi connectivity index (χ4v) is 4.33. The molecule has 0 spiro atoms. The molecular weight excluding hydrogens is 358 g/mol. The molecule has 0 radical (unpaired) electrons. The van der Waals surface area contributed by atoms with Crippen molar-refractivity contribution < 1.29 is 13.2 Å². The van der Waals surface area contributed by atoms with Crippen molar-refractivity contribution in [3.8, 4) is 0 Å². The number of amides is 1. The summed E-state index contributed by atoms with van der Waals surface area (Å²) in [4.78, 5) is 17.3. The van der Waals surface area contributed by atoms with Gasteiger partial charge in [-0.3, -0.25) is 9.78 Å². The van der Waals surface area contributed by atoms with Gasteiger partial charge in [0.2, 0.25) is 0 Å². The number of aryl methyl sites for hydroxylation is 1. The standard InChI is InChI=1S/C17H17N3O3S2/c1-10-7-19-9-13-14(10)15(18)16(24-13)17(21)20-8-11-4-3-5-12(6-11)25(2,22)23/h3-7,9H,8,18H2,1-2H3,(H,20,21). The van der Waals surface area contributed by atoms with Crippen LogP contribution in [0, 0.1) is 6.92 Å². The number of nitrogens with zero attached hydrogens (tertiary/aromatic N) is 1. The lowest BCUT2D eigenvalue weighted by molar-refractivity contribution is 0.0956. The number of benzene rings is 1. The second-order valence-electron chi connectivity index (χ2n) is 5.78. The van der Waals surface area contributed by atoms with Gasteiger partial charge in [0.15, 0.2) is 9.84 Å². The van der Waals surface area contributed by atoms with E-state index in [2.05, 4.69) is 10.3 Å². The summed E-state index contributed by atoms with van der Waals surface area (Å²) in [6.07, 6.45) is 4.55. The molecule has 2 aromatic heterocycles. The van der Waals surface area contributed by atoms with Crippen LogP contribution in [0.15, 0.2) is 41.6 Å². The number of nitrogens with two attached hydrogens (primary N) is 1. The van der Waals surface area contributed by atoms with Crippen LogP contribution in [0.4, 0.5) is 5.69 Å². The van der Waals surface area contributed by atoms with Gasteiger partial charge in [0, 0.05) is 30.6 Å². The Hall–Kier alpha value is -2.45. The topological polar surface area (TPSA) is 102 Å². The maximum absolute atomic E-state index is 12.5. The SMILES string of the molecule is Cc1cncc2sc(C(=O)NCc3cccc(S(C)(=O)=O)c3)c(N)c12. The summed E-state index contributed by atoms with van der Waals surface area (Å²) in [5.74, 6) is -0.289. The lowest BCUT2D eigenvalue weighted by atomic mass is 10.1. The van der Waals surface area contributed by atoms with Gasteiger partial charge in [-0.2, -0.15) is 0 Å². The van der Waals surface area contributed by atoms with E-state index >= 15 is 0 Å². The average molecular weight is 375 g/mol. The van der Waals surface area contributed by atoms with Crippen LogP contribution in [0.25, 0.3) is 10.1 Å². The number of fused-ring (bicyclic) bond motifs is 1. The number of carbonyl (C=O) groups is 1. The predicted molar refractivity (Wildman–Crippen MR) is 99.5 cm³/mol. The zero-order valence-electron chi connectivity index (χ0n) is 13.7. The molecular formula is C17H17N3O3S2. The molecule has 8 heteroatoms. The molecule has 3 N–H and O–H groups in total. The van der Waals surface area contributed by atoms with Gasteiger partial charge in [0.25, 0.3) is 5.91 Å². The highest BCUT2D eigenvalue weighted by molar-refractivity contribution is 7.90. The first kappa shape index (κ1) is 17.4. The van der Waals surface area contributed by atoms with E-state index in [9.17, 15) is 13.2 Å². The van der Waals surface area contributed by atoms with Gasteiger partial charge in [-0.05, 0) is 30.2 Å². The fourth-order valence-electron chi connectivity index (χ4n) is 2.56. The van der Waals surface area contributed by atoms with Crippen LogP contribution >= 0.6 is 11.3 Å². The van der Waals surface area contributed by atoms with Crippen LogP contribution in [0.5, 0.6) is 0 Å². The van der Waals surface area contributed by atoms with Gasteiger partial charge in [0.05, 0.1) is 15.3 Å². The number of pyridine rings is 1. The molecule has 2 heterocycles. The van der Waals surface area contributed by atoms with Gasteiger partial charge in [-0.25, -0.2) is 8.42 Å². The Morgan fingerprint density at radius 3 is 2.76 bits per heavy atom. The maximum atomic E-state index is 12.5. The molecule has 0 fully saturated rings. The first-order valence-electron chi connectivity index (χ1n) is 7.47. The number of carbonyl (C=O) groups excluding carboxylic acids is 1. The van der Waals surface area contributed by atoms with Crippen molar-refractivity contribution in [1.29, 1.82) is 0 Å². The number of anilines is 1. The monoisotopic (exact) mass is 375 g/mol. The number of thiophene rings is 1. The summed E-state index contributed by atoms with van der Waals surface area (Å²) >= 11 is 1.29. The predicted octanol–water partition coefficient (Wildman–Crippen LogP) is 2.52. The molecule has 0 bridgehead atoms. The van der Waals surface area contributed by atoms with E-state index in [1.807, 2.05) is 6.92 Å². The van der Waals surface area contributed by atoms with E-state index in [1.165, 1.54) is 17.4 Å². The van der Waals surface area contributed by atoms with Crippen LogP contribution in [0.1, 0.15) is 20.8 Å². The number of nitrogen functional groups attached to an aromatic ring is 1. The molecule has 0 unspecified atom stereocenters. The Morgan fingerprint density at radius 1 is 1.32 bits per heavy atom. The van der Waals surface area contributed by atoms with Crippen LogP contribution in [0.2, 0.25) is 0 Å². The maximum Gasteiger partial charge on any atom is 0.263 e. The third kappa shape index (κ3) is 3.49. The number of sulfone groups is 1. The van der Waals surface area contributed by atoms with Crippen LogP contribution < -0.4 is 11.1 Å². The average Bonchev–Trinajstić information content (AvgIpc) is 2.90. The number of hydrogen-bond donors (Lipinski definition) is 2. The van der Waals surface area contributed by atoms with Crippen LogP contribution in [0.3, 0.4) is 0 Å². The molecule has 3 rings (SSSR count). The third-order valence-electron chi connectivity index (χ3n) is 3.81. The van der Waals surface area contributed by atoms with Crippen LogP contribution in [-0.2, 0) is 16.4 Å². The molecule has 0 saturated heterocycles. The summed E-state index contributed by atoms with van der Waals surface area (Å²) in [6, 6.07) is 6.50. The largest absolute Gasteiger partial charge is 0.397 e. The number of hydrogen-bond acceptors (Lipinski definition) is 6. The Labute approximate surface area is 149 Å². The smallest absolute Gasteiger partial charge is 0.263 e.